The Morgan fingerprint density at radius 1 is 1.20 bits per heavy atom. The molecule has 0 spiro atoms. The number of allylic oxidation sites excluding steroid dienone is 2. The largest absolute Gasteiger partial charge is 0.472 e. The topological polar surface area (TPSA) is 13.1 Å². The van der Waals surface area contributed by atoms with Crippen LogP contribution in [0.5, 0.6) is 0 Å². The highest BCUT2D eigenvalue weighted by Crippen LogP contribution is 2.28. The van der Waals surface area contributed by atoms with Gasteiger partial charge < -0.3 is 4.42 Å². The van der Waals surface area contributed by atoms with E-state index in [4.69, 9.17) is 4.42 Å². The van der Waals surface area contributed by atoms with Crippen LogP contribution in [0.4, 0.5) is 0 Å². The van der Waals surface area contributed by atoms with Crippen molar-refractivity contribution < 1.29 is 4.42 Å². The fourth-order valence-corrected chi connectivity index (χ4v) is 2.33. The zero-order valence-corrected chi connectivity index (χ0v) is 9.59. The number of fused-ring (bicyclic) bond motifs is 1. The maximum atomic E-state index is 5.36. The lowest BCUT2D eigenvalue weighted by molar-refractivity contribution is 0.561. The molecule has 1 aromatic heterocycles. The van der Waals surface area contributed by atoms with Gasteiger partial charge in [0.2, 0.25) is 0 Å². The lowest BCUT2D eigenvalue weighted by atomic mass is 9.98. The van der Waals surface area contributed by atoms with Crippen LogP contribution < -0.4 is 0 Å². The van der Waals surface area contributed by atoms with Gasteiger partial charge in [-0.1, -0.05) is 25.8 Å². The summed E-state index contributed by atoms with van der Waals surface area (Å²) >= 11 is 0. The standard InChI is InChI=1S/C14H20O/c1-2-7-12-8-5-3-4-6-9-13-10-15-11-14(12)13/h8,10-11H,2-7,9H2,1H3. The Hall–Kier alpha value is -0.980. The fraction of sp³-hybridized carbons (Fsp3) is 0.571. The SMILES string of the molecule is CCCC1=CCCCCCc2cocc21. The normalized spacial score (nSPS) is 17.3. The van der Waals surface area contributed by atoms with Gasteiger partial charge in [-0.3, -0.25) is 0 Å². The Balaban J connectivity index is 2.27. The first-order chi connectivity index (χ1) is 7.42. The Morgan fingerprint density at radius 3 is 3.00 bits per heavy atom. The van der Waals surface area contributed by atoms with Crippen LogP contribution in [0.3, 0.4) is 0 Å². The Morgan fingerprint density at radius 2 is 2.13 bits per heavy atom. The molecule has 0 unspecified atom stereocenters. The maximum Gasteiger partial charge on any atom is 0.0980 e. The molecular formula is C14H20O. The highest BCUT2D eigenvalue weighted by molar-refractivity contribution is 5.67. The summed E-state index contributed by atoms with van der Waals surface area (Å²) in [7, 11) is 0. The van der Waals surface area contributed by atoms with E-state index in [9.17, 15) is 0 Å². The second kappa shape index (κ2) is 5.20. The second-order valence-electron chi connectivity index (χ2n) is 4.39. The van der Waals surface area contributed by atoms with Crippen molar-refractivity contribution in [1.29, 1.82) is 0 Å². The summed E-state index contributed by atoms with van der Waals surface area (Å²) in [5.74, 6) is 0. The summed E-state index contributed by atoms with van der Waals surface area (Å²) in [4.78, 5) is 0. The second-order valence-corrected chi connectivity index (χ2v) is 4.39. The van der Waals surface area contributed by atoms with E-state index >= 15 is 0 Å². The predicted molar refractivity (Wildman–Crippen MR) is 63.8 cm³/mol. The average molecular weight is 204 g/mol. The van der Waals surface area contributed by atoms with E-state index in [-0.39, 0.29) is 0 Å². The Labute approximate surface area is 92.2 Å². The summed E-state index contributed by atoms with van der Waals surface area (Å²) in [6.45, 7) is 2.24. The third-order valence-corrected chi connectivity index (χ3v) is 3.15. The molecule has 1 heteroatoms. The number of furan rings is 1. The third kappa shape index (κ3) is 2.53. The van der Waals surface area contributed by atoms with Gasteiger partial charge in [0.1, 0.15) is 0 Å². The van der Waals surface area contributed by atoms with Crippen LogP contribution in [-0.2, 0) is 6.42 Å². The molecule has 15 heavy (non-hydrogen) atoms. The van der Waals surface area contributed by atoms with E-state index in [1.165, 1.54) is 61.6 Å². The van der Waals surface area contributed by atoms with E-state index in [0.29, 0.717) is 0 Å². The van der Waals surface area contributed by atoms with E-state index < -0.39 is 0 Å². The van der Waals surface area contributed by atoms with Crippen molar-refractivity contribution >= 4 is 5.57 Å². The van der Waals surface area contributed by atoms with Gasteiger partial charge in [0, 0.05) is 5.56 Å². The number of aryl methyl sites for hydroxylation is 1. The minimum absolute atomic E-state index is 1.19. The zero-order chi connectivity index (χ0) is 10.5. The zero-order valence-electron chi connectivity index (χ0n) is 9.59. The molecule has 82 valence electrons. The first-order valence-electron chi connectivity index (χ1n) is 6.16. The van der Waals surface area contributed by atoms with E-state index in [2.05, 4.69) is 13.0 Å². The molecule has 1 aliphatic carbocycles. The van der Waals surface area contributed by atoms with E-state index in [0.717, 1.165) is 0 Å². The lowest BCUT2D eigenvalue weighted by Gasteiger charge is -2.05. The van der Waals surface area contributed by atoms with Gasteiger partial charge in [-0.2, -0.15) is 0 Å². The van der Waals surface area contributed by atoms with Crippen molar-refractivity contribution in [3.63, 3.8) is 0 Å². The van der Waals surface area contributed by atoms with Gasteiger partial charge in [-0.25, -0.2) is 0 Å². The van der Waals surface area contributed by atoms with Crippen molar-refractivity contribution in [2.24, 2.45) is 0 Å². The van der Waals surface area contributed by atoms with Crippen LogP contribution in [0.15, 0.2) is 23.0 Å². The average Bonchev–Trinajstić information content (AvgIpc) is 2.69. The van der Waals surface area contributed by atoms with Crippen LogP contribution in [0.2, 0.25) is 0 Å². The molecule has 0 saturated carbocycles. The van der Waals surface area contributed by atoms with Gasteiger partial charge in [0.15, 0.2) is 0 Å². The third-order valence-electron chi connectivity index (χ3n) is 3.15. The first kappa shape index (κ1) is 10.5. The van der Waals surface area contributed by atoms with Gasteiger partial charge in [-0.05, 0) is 43.2 Å². The molecule has 0 fully saturated rings. The minimum Gasteiger partial charge on any atom is -0.472 e. The molecule has 0 saturated heterocycles. The highest BCUT2D eigenvalue weighted by Gasteiger charge is 2.11. The molecule has 0 N–H and O–H groups in total. The summed E-state index contributed by atoms with van der Waals surface area (Å²) in [5, 5.41) is 0. The van der Waals surface area contributed by atoms with E-state index in [1.807, 2.05) is 12.5 Å². The molecule has 1 aliphatic rings. The molecule has 1 aromatic rings. The summed E-state index contributed by atoms with van der Waals surface area (Å²) in [6, 6.07) is 0. The molecule has 0 aliphatic heterocycles. The smallest absolute Gasteiger partial charge is 0.0980 e. The molecule has 1 nitrogen and oxygen atoms in total. The number of rotatable bonds is 2. The summed E-state index contributed by atoms with van der Waals surface area (Å²) in [5.41, 5.74) is 4.29. The number of hydrogen-bond acceptors (Lipinski definition) is 1. The Bertz CT molecular complexity index is 333. The van der Waals surface area contributed by atoms with Crippen molar-refractivity contribution in [3.05, 3.63) is 29.7 Å². The van der Waals surface area contributed by atoms with Crippen LogP contribution >= 0.6 is 0 Å². The molecule has 2 rings (SSSR count). The monoisotopic (exact) mass is 204 g/mol. The molecule has 0 radical (unpaired) electrons. The van der Waals surface area contributed by atoms with Gasteiger partial charge in [0.05, 0.1) is 12.5 Å². The van der Waals surface area contributed by atoms with Crippen molar-refractivity contribution in [1.82, 2.24) is 0 Å². The fourth-order valence-electron chi connectivity index (χ4n) is 2.33. The maximum absolute atomic E-state index is 5.36. The van der Waals surface area contributed by atoms with E-state index in [1.54, 1.807) is 0 Å². The van der Waals surface area contributed by atoms with Gasteiger partial charge >= 0.3 is 0 Å². The molecule has 0 aromatic carbocycles. The van der Waals surface area contributed by atoms with Gasteiger partial charge in [0.25, 0.3) is 0 Å². The lowest BCUT2D eigenvalue weighted by Crippen LogP contribution is -1.88. The Kier molecular flexibility index (Phi) is 3.65. The molecule has 0 atom stereocenters. The predicted octanol–water partition coefficient (Wildman–Crippen LogP) is 4.58. The summed E-state index contributed by atoms with van der Waals surface area (Å²) in [6.07, 6.45) is 15.1. The van der Waals surface area contributed by atoms with Crippen molar-refractivity contribution in [2.75, 3.05) is 0 Å². The molecule has 0 bridgehead atoms. The molecule has 0 amide bonds. The summed E-state index contributed by atoms with van der Waals surface area (Å²) < 4.78 is 5.36. The molecular weight excluding hydrogens is 184 g/mol. The van der Waals surface area contributed by atoms with Crippen molar-refractivity contribution in [2.45, 2.75) is 51.9 Å². The minimum atomic E-state index is 1.19. The van der Waals surface area contributed by atoms with Crippen LogP contribution in [-0.4, -0.2) is 0 Å². The highest BCUT2D eigenvalue weighted by atomic mass is 16.3. The van der Waals surface area contributed by atoms with Gasteiger partial charge in [-0.15, -0.1) is 0 Å². The molecule has 1 heterocycles. The van der Waals surface area contributed by atoms with Crippen LogP contribution in [0.1, 0.15) is 56.6 Å². The first-order valence-corrected chi connectivity index (χ1v) is 6.16. The van der Waals surface area contributed by atoms with Crippen LogP contribution in [0.25, 0.3) is 5.57 Å². The van der Waals surface area contributed by atoms with Crippen molar-refractivity contribution in [3.8, 4) is 0 Å². The number of hydrogen-bond donors (Lipinski definition) is 0. The quantitative estimate of drug-likeness (QED) is 0.687. The van der Waals surface area contributed by atoms with Crippen LogP contribution in [0, 0.1) is 0 Å².